The van der Waals surface area contributed by atoms with E-state index in [9.17, 15) is 4.79 Å². The third-order valence-electron chi connectivity index (χ3n) is 4.40. The first kappa shape index (κ1) is 20.5. The highest BCUT2D eigenvalue weighted by atomic mass is 16.5. The van der Waals surface area contributed by atoms with E-state index in [1.165, 1.54) is 0 Å². The predicted octanol–water partition coefficient (Wildman–Crippen LogP) is 4.92. The van der Waals surface area contributed by atoms with E-state index in [1.807, 2.05) is 43.0 Å². The van der Waals surface area contributed by atoms with E-state index in [0.29, 0.717) is 24.5 Å². The monoisotopic (exact) mass is 361 g/mol. The van der Waals surface area contributed by atoms with Gasteiger partial charge in [0, 0.05) is 18.6 Å². The SMILES string of the molecule is CCCCOC(C)N(c1cc2ccccc2oc1=O)C(C)OCCCC. The molecule has 144 valence electrons. The van der Waals surface area contributed by atoms with Crippen LogP contribution in [0.2, 0.25) is 0 Å². The van der Waals surface area contributed by atoms with Crippen LogP contribution in [0.15, 0.2) is 39.5 Å². The van der Waals surface area contributed by atoms with Crippen molar-refractivity contribution in [3.8, 4) is 0 Å². The molecule has 0 fully saturated rings. The van der Waals surface area contributed by atoms with Gasteiger partial charge < -0.3 is 18.8 Å². The van der Waals surface area contributed by atoms with Crippen molar-refractivity contribution in [3.63, 3.8) is 0 Å². The van der Waals surface area contributed by atoms with Crippen LogP contribution in [-0.2, 0) is 9.47 Å². The minimum Gasteiger partial charge on any atom is -0.421 e. The van der Waals surface area contributed by atoms with Crippen molar-refractivity contribution in [1.29, 1.82) is 0 Å². The molecule has 5 nitrogen and oxygen atoms in total. The highest BCUT2D eigenvalue weighted by Gasteiger charge is 2.25. The second kappa shape index (κ2) is 10.3. The van der Waals surface area contributed by atoms with Crippen molar-refractivity contribution in [2.24, 2.45) is 0 Å². The van der Waals surface area contributed by atoms with Crippen molar-refractivity contribution in [2.45, 2.75) is 65.8 Å². The second-order valence-corrected chi connectivity index (χ2v) is 6.51. The molecule has 1 heterocycles. The van der Waals surface area contributed by atoms with Crippen LogP contribution in [-0.4, -0.2) is 25.7 Å². The lowest BCUT2D eigenvalue weighted by Gasteiger charge is -2.35. The van der Waals surface area contributed by atoms with E-state index in [2.05, 4.69) is 13.8 Å². The van der Waals surface area contributed by atoms with Crippen molar-refractivity contribution in [3.05, 3.63) is 40.8 Å². The molecule has 1 aromatic heterocycles. The van der Waals surface area contributed by atoms with Crippen molar-refractivity contribution >= 4 is 16.7 Å². The number of fused-ring (bicyclic) bond motifs is 1. The lowest BCUT2D eigenvalue weighted by atomic mass is 10.2. The van der Waals surface area contributed by atoms with Gasteiger partial charge >= 0.3 is 5.63 Å². The minimum atomic E-state index is -0.374. The van der Waals surface area contributed by atoms with Gasteiger partial charge in [-0.2, -0.15) is 0 Å². The molecule has 0 radical (unpaired) electrons. The molecule has 5 heteroatoms. The number of anilines is 1. The molecular weight excluding hydrogens is 330 g/mol. The molecule has 0 aliphatic rings. The van der Waals surface area contributed by atoms with Crippen LogP contribution in [0, 0.1) is 0 Å². The molecule has 26 heavy (non-hydrogen) atoms. The molecule has 0 saturated carbocycles. The van der Waals surface area contributed by atoms with Gasteiger partial charge in [-0.05, 0) is 38.8 Å². The van der Waals surface area contributed by atoms with Crippen LogP contribution in [0.3, 0.4) is 0 Å². The molecular formula is C21H31NO4. The number of nitrogens with zero attached hydrogens (tertiary/aromatic N) is 1. The zero-order valence-electron chi connectivity index (χ0n) is 16.4. The van der Waals surface area contributed by atoms with Crippen LogP contribution in [0.4, 0.5) is 5.69 Å². The van der Waals surface area contributed by atoms with Crippen LogP contribution in [0.1, 0.15) is 53.4 Å². The normalized spacial score (nSPS) is 13.7. The molecule has 0 N–H and O–H groups in total. The standard InChI is InChI=1S/C21H31NO4/c1-5-7-13-24-16(3)22(17(4)25-14-8-6-2)19-15-18-11-9-10-12-20(18)26-21(19)23/h9-12,15-17H,5-8,13-14H2,1-4H3. The maximum atomic E-state index is 12.6. The molecule has 0 amide bonds. The summed E-state index contributed by atoms with van der Waals surface area (Å²) in [7, 11) is 0. The average Bonchev–Trinajstić information content (AvgIpc) is 2.63. The molecule has 2 aromatic rings. The molecule has 0 saturated heterocycles. The summed E-state index contributed by atoms with van der Waals surface area (Å²) in [6.07, 6.45) is 3.51. The largest absolute Gasteiger partial charge is 0.421 e. The maximum Gasteiger partial charge on any atom is 0.360 e. The fourth-order valence-electron chi connectivity index (χ4n) is 2.88. The van der Waals surface area contributed by atoms with Gasteiger partial charge in [-0.15, -0.1) is 0 Å². The minimum absolute atomic E-state index is 0.290. The zero-order chi connectivity index (χ0) is 18.9. The van der Waals surface area contributed by atoms with Crippen LogP contribution < -0.4 is 10.5 Å². The first-order chi connectivity index (χ1) is 12.6. The van der Waals surface area contributed by atoms with Crippen LogP contribution >= 0.6 is 0 Å². The number of benzene rings is 1. The van der Waals surface area contributed by atoms with Gasteiger partial charge in [0.2, 0.25) is 0 Å². The van der Waals surface area contributed by atoms with Gasteiger partial charge in [-0.1, -0.05) is 44.9 Å². The Bertz CT molecular complexity index is 711. The Kier molecular flexibility index (Phi) is 8.13. The summed E-state index contributed by atoms with van der Waals surface area (Å²) in [5.41, 5.74) is 0.678. The summed E-state index contributed by atoms with van der Waals surface area (Å²) in [5, 5.41) is 0.883. The summed E-state index contributed by atoms with van der Waals surface area (Å²) in [6, 6.07) is 9.38. The third kappa shape index (κ3) is 5.32. The lowest BCUT2D eigenvalue weighted by molar-refractivity contribution is -0.00174. The number of hydrogen-bond donors (Lipinski definition) is 0. The van der Waals surface area contributed by atoms with E-state index < -0.39 is 0 Å². The first-order valence-corrected chi connectivity index (χ1v) is 9.62. The Hall–Kier alpha value is -1.85. The third-order valence-corrected chi connectivity index (χ3v) is 4.40. The topological polar surface area (TPSA) is 51.9 Å². The fourth-order valence-corrected chi connectivity index (χ4v) is 2.88. The number of ether oxygens (including phenoxy) is 2. The van der Waals surface area contributed by atoms with Gasteiger partial charge in [0.25, 0.3) is 0 Å². The predicted molar refractivity (Wildman–Crippen MR) is 106 cm³/mol. The van der Waals surface area contributed by atoms with Gasteiger partial charge in [-0.3, -0.25) is 0 Å². The molecule has 0 bridgehead atoms. The van der Waals surface area contributed by atoms with Gasteiger partial charge in [0.05, 0.1) is 0 Å². The highest BCUT2D eigenvalue weighted by Crippen LogP contribution is 2.23. The lowest BCUT2D eigenvalue weighted by Crippen LogP contribution is -2.45. The Balaban J connectivity index is 2.32. The van der Waals surface area contributed by atoms with Crippen molar-refractivity contribution < 1.29 is 13.9 Å². The van der Waals surface area contributed by atoms with Crippen molar-refractivity contribution in [2.75, 3.05) is 18.1 Å². The van der Waals surface area contributed by atoms with Gasteiger partial charge in [0.15, 0.2) is 0 Å². The number of unbranched alkanes of at least 4 members (excludes halogenated alkanes) is 2. The van der Waals surface area contributed by atoms with E-state index in [-0.39, 0.29) is 18.1 Å². The van der Waals surface area contributed by atoms with Gasteiger partial charge in [0.1, 0.15) is 23.7 Å². The summed E-state index contributed by atoms with van der Waals surface area (Å²) < 4.78 is 17.4. The number of para-hydroxylation sites is 1. The highest BCUT2D eigenvalue weighted by molar-refractivity contribution is 5.79. The molecule has 0 spiro atoms. The Morgan fingerprint density at radius 1 is 1.00 bits per heavy atom. The molecule has 2 unspecified atom stereocenters. The Morgan fingerprint density at radius 2 is 1.58 bits per heavy atom. The summed E-state index contributed by atoms with van der Waals surface area (Å²) in [6.45, 7) is 9.44. The molecule has 2 atom stereocenters. The van der Waals surface area contributed by atoms with Crippen LogP contribution in [0.5, 0.6) is 0 Å². The summed E-state index contributed by atoms with van der Waals surface area (Å²) in [5.74, 6) is 0. The zero-order valence-corrected chi connectivity index (χ0v) is 16.4. The Morgan fingerprint density at radius 3 is 2.15 bits per heavy atom. The summed E-state index contributed by atoms with van der Waals surface area (Å²) in [4.78, 5) is 14.5. The number of rotatable bonds is 11. The fraction of sp³-hybridized carbons (Fsp3) is 0.571. The molecule has 2 rings (SSSR count). The summed E-state index contributed by atoms with van der Waals surface area (Å²) >= 11 is 0. The van der Waals surface area contributed by atoms with E-state index >= 15 is 0 Å². The first-order valence-electron chi connectivity index (χ1n) is 9.62. The molecule has 0 aliphatic carbocycles. The van der Waals surface area contributed by atoms with Crippen LogP contribution in [0.25, 0.3) is 11.0 Å². The average molecular weight is 361 g/mol. The van der Waals surface area contributed by atoms with E-state index in [1.54, 1.807) is 6.07 Å². The van der Waals surface area contributed by atoms with Gasteiger partial charge in [-0.25, -0.2) is 4.79 Å². The second-order valence-electron chi connectivity index (χ2n) is 6.51. The quantitative estimate of drug-likeness (QED) is 0.323. The Labute approximate surface area is 155 Å². The number of hydrogen-bond acceptors (Lipinski definition) is 5. The molecule has 1 aromatic carbocycles. The molecule has 0 aliphatic heterocycles. The van der Waals surface area contributed by atoms with E-state index in [0.717, 1.165) is 31.1 Å². The smallest absolute Gasteiger partial charge is 0.360 e. The van der Waals surface area contributed by atoms with E-state index in [4.69, 9.17) is 13.9 Å². The maximum absolute atomic E-state index is 12.6. The van der Waals surface area contributed by atoms with Crippen molar-refractivity contribution in [1.82, 2.24) is 0 Å².